The minimum atomic E-state index is -0.932. The summed E-state index contributed by atoms with van der Waals surface area (Å²) in [6, 6.07) is 7.01. The number of ether oxygens (including phenoxy) is 1. The summed E-state index contributed by atoms with van der Waals surface area (Å²) in [7, 11) is 0. The number of nitrogens with one attached hydrogen (secondary N) is 1. The fourth-order valence-corrected chi connectivity index (χ4v) is 1.65. The second-order valence-electron chi connectivity index (χ2n) is 4.65. The molecule has 0 radical (unpaired) electrons. The Morgan fingerprint density at radius 1 is 1.32 bits per heavy atom. The van der Waals surface area contributed by atoms with E-state index in [1.165, 1.54) is 12.8 Å². The van der Waals surface area contributed by atoms with Crippen molar-refractivity contribution in [1.29, 1.82) is 0 Å². The molecule has 0 atom stereocenters. The third kappa shape index (κ3) is 4.28. The predicted octanol–water partition coefficient (Wildman–Crippen LogP) is 1.68. The highest BCUT2D eigenvalue weighted by molar-refractivity contribution is 5.97. The first-order chi connectivity index (χ1) is 9.16. The summed E-state index contributed by atoms with van der Waals surface area (Å²) in [4.78, 5) is 22.3. The van der Waals surface area contributed by atoms with E-state index in [1.807, 2.05) is 6.07 Å². The molecule has 0 bridgehead atoms. The van der Waals surface area contributed by atoms with Crippen LogP contribution in [0.4, 0.5) is 0 Å². The molecule has 1 saturated carbocycles. The summed E-state index contributed by atoms with van der Waals surface area (Å²) < 4.78 is 5.63. The van der Waals surface area contributed by atoms with E-state index in [9.17, 15) is 9.59 Å². The van der Waals surface area contributed by atoms with E-state index in [0.717, 1.165) is 0 Å². The molecule has 0 aromatic heterocycles. The van der Waals surface area contributed by atoms with E-state index in [2.05, 4.69) is 5.32 Å². The zero-order valence-electron chi connectivity index (χ0n) is 10.6. The number of carboxylic acids is 1. The third-order valence-electron chi connectivity index (χ3n) is 2.93. The van der Waals surface area contributed by atoms with Crippen LogP contribution in [0.1, 0.15) is 29.6 Å². The van der Waals surface area contributed by atoms with Crippen LogP contribution < -0.4 is 10.1 Å². The molecule has 5 nitrogen and oxygen atoms in total. The second kappa shape index (κ2) is 6.22. The summed E-state index contributed by atoms with van der Waals surface area (Å²) in [5, 5.41) is 11.1. The molecule has 1 fully saturated rings. The Hall–Kier alpha value is -2.04. The maximum atomic E-state index is 11.9. The van der Waals surface area contributed by atoms with E-state index < -0.39 is 5.97 Å². The Kier molecular flexibility index (Phi) is 4.39. The fraction of sp³-hybridized carbons (Fsp3) is 0.429. The topological polar surface area (TPSA) is 75.6 Å². The number of rotatable bonds is 7. The van der Waals surface area contributed by atoms with Gasteiger partial charge in [-0.15, -0.1) is 0 Å². The zero-order valence-corrected chi connectivity index (χ0v) is 10.6. The molecule has 19 heavy (non-hydrogen) atoms. The third-order valence-corrected chi connectivity index (χ3v) is 2.93. The molecule has 2 N–H and O–H groups in total. The predicted molar refractivity (Wildman–Crippen MR) is 69.2 cm³/mol. The Morgan fingerprint density at radius 2 is 2.05 bits per heavy atom. The van der Waals surface area contributed by atoms with Crippen molar-refractivity contribution in [3.63, 3.8) is 0 Å². The van der Waals surface area contributed by atoms with Crippen molar-refractivity contribution in [3.05, 3.63) is 29.8 Å². The number of amides is 1. The van der Waals surface area contributed by atoms with Crippen molar-refractivity contribution in [2.45, 2.75) is 19.3 Å². The van der Waals surface area contributed by atoms with Crippen LogP contribution in [0.25, 0.3) is 0 Å². The number of carbonyl (C=O) groups excluding carboxylic acids is 1. The van der Waals surface area contributed by atoms with Crippen LogP contribution in [-0.4, -0.2) is 30.1 Å². The van der Waals surface area contributed by atoms with Gasteiger partial charge < -0.3 is 15.2 Å². The van der Waals surface area contributed by atoms with Crippen molar-refractivity contribution in [2.24, 2.45) is 5.92 Å². The Morgan fingerprint density at radius 3 is 2.74 bits per heavy atom. The molecule has 0 spiro atoms. The normalized spacial score (nSPS) is 13.9. The molecule has 1 aromatic carbocycles. The number of hydrogen-bond acceptors (Lipinski definition) is 3. The lowest BCUT2D eigenvalue weighted by Gasteiger charge is -2.10. The van der Waals surface area contributed by atoms with Crippen LogP contribution in [0.15, 0.2) is 24.3 Å². The van der Waals surface area contributed by atoms with Crippen LogP contribution in [-0.2, 0) is 4.79 Å². The Bertz CT molecular complexity index is 468. The van der Waals surface area contributed by atoms with Gasteiger partial charge >= 0.3 is 5.97 Å². The first-order valence-corrected chi connectivity index (χ1v) is 6.38. The molecule has 5 heteroatoms. The van der Waals surface area contributed by atoms with E-state index >= 15 is 0 Å². The van der Waals surface area contributed by atoms with Gasteiger partial charge in [0.05, 0.1) is 18.6 Å². The van der Waals surface area contributed by atoms with E-state index in [0.29, 0.717) is 23.8 Å². The van der Waals surface area contributed by atoms with Crippen molar-refractivity contribution in [1.82, 2.24) is 5.32 Å². The van der Waals surface area contributed by atoms with Gasteiger partial charge in [0, 0.05) is 6.54 Å². The number of carbonyl (C=O) groups is 2. The molecule has 0 saturated heterocycles. The number of carboxylic acid groups (broad SMARTS) is 1. The molecule has 0 aliphatic heterocycles. The summed E-state index contributed by atoms with van der Waals surface area (Å²) >= 11 is 0. The summed E-state index contributed by atoms with van der Waals surface area (Å²) in [6.45, 7) is 0.755. The average molecular weight is 263 g/mol. The Balaban J connectivity index is 1.92. The highest BCUT2D eigenvalue weighted by atomic mass is 16.5. The molecule has 2 rings (SSSR count). The van der Waals surface area contributed by atoms with E-state index in [1.54, 1.807) is 18.2 Å². The first kappa shape index (κ1) is 13.4. The zero-order chi connectivity index (χ0) is 13.7. The molecule has 0 heterocycles. The largest absolute Gasteiger partial charge is 0.492 e. The van der Waals surface area contributed by atoms with Gasteiger partial charge in [0.15, 0.2) is 0 Å². The SMILES string of the molecule is O=C(O)CCNC(=O)c1ccccc1OCC1CC1. The number of aliphatic carboxylic acids is 1. The highest BCUT2D eigenvalue weighted by Crippen LogP contribution is 2.30. The molecule has 102 valence electrons. The van der Waals surface area contributed by atoms with Crippen LogP contribution in [0.3, 0.4) is 0 Å². The van der Waals surface area contributed by atoms with Gasteiger partial charge in [-0.2, -0.15) is 0 Å². The van der Waals surface area contributed by atoms with Crippen molar-refractivity contribution >= 4 is 11.9 Å². The van der Waals surface area contributed by atoms with Crippen LogP contribution in [0, 0.1) is 5.92 Å². The standard InChI is InChI=1S/C14H17NO4/c16-13(17)7-8-15-14(18)11-3-1-2-4-12(11)19-9-10-5-6-10/h1-4,10H,5-9H2,(H,15,18)(H,16,17). The van der Waals surface area contributed by atoms with Crippen LogP contribution >= 0.6 is 0 Å². The van der Waals surface area contributed by atoms with E-state index in [-0.39, 0.29) is 18.9 Å². The fourth-order valence-electron chi connectivity index (χ4n) is 1.65. The molecule has 0 unspecified atom stereocenters. The summed E-state index contributed by atoms with van der Waals surface area (Å²) in [5.74, 6) is -0.0587. The van der Waals surface area contributed by atoms with Gasteiger partial charge in [-0.1, -0.05) is 12.1 Å². The highest BCUT2D eigenvalue weighted by Gasteiger charge is 2.23. The lowest BCUT2D eigenvalue weighted by Crippen LogP contribution is -2.26. The van der Waals surface area contributed by atoms with Gasteiger partial charge in [-0.3, -0.25) is 9.59 Å². The lowest BCUT2D eigenvalue weighted by atomic mass is 10.2. The van der Waals surface area contributed by atoms with Gasteiger partial charge in [-0.05, 0) is 30.9 Å². The summed E-state index contributed by atoms with van der Waals surface area (Å²) in [5.41, 5.74) is 0.452. The molecule has 1 aromatic rings. The first-order valence-electron chi connectivity index (χ1n) is 6.38. The number of hydrogen-bond donors (Lipinski definition) is 2. The average Bonchev–Trinajstić information content (AvgIpc) is 3.20. The molecule has 1 aliphatic rings. The van der Waals surface area contributed by atoms with Crippen molar-refractivity contribution < 1.29 is 19.4 Å². The summed E-state index contributed by atoms with van der Waals surface area (Å²) in [6.07, 6.45) is 2.29. The quantitative estimate of drug-likeness (QED) is 0.784. The van der Waals surface area contributed by atoms with Gasteiger partial charge in [0.2, 0.25) is 0 Å². The smallest absolute Gasteiger partial charge is 0.305 e. The van der Waals surface area contributed by atoms with Gasteiger partial charge in [-0.25, -0.2) is 0 Å². The van der Waals surface area contributed by atoms with Crippen LogP contribution in [0.2, 0.25) is 0 Å². The van der Waals surface area contributed by atoms with Gasteiger partial charge in [0.1, 0.15) is 5.75 Å². The van der Waals surface area contributed by atoms with Gasteiger partial charge in [0.25, 0.3) is 5.91 Å². The number of para-hydroxylation sites is 1. The minimum absolute atomic E-state index is 0.0865. The molecular weight excluding hydrogens is 246 g/mol. The molecular formula is C14H17NO4. The Labute approximate surface area is 111 Å². The van der Waals surface area contributed by atoms with Crippen molar-refractivity contribution in [3.8, 4) is 5.75 Å². The van der Waals surface area contributed by atoms with Crippen molar-refractivity contribution in [2.75, 3.05) is 13.2 Å². The number of benzene rings is 1. The molecule has 1 aliphatic carbocycles. The van der Waals surface area contributed by atoms with E-state index in [4.69, 9.17) is 9.84 Å². The monoisotopic (exact) mass is 263 g/mol. The maximum absolute atomic E-state index is 11.9. The molecule has 1 amide bonds. The minimum Gasteiger partial charge on any atom is -0.492 e. The second-order valence-corrected chi connectivity index (χ2v) is 4.65. The van der Waals surface area contributed by atoms with Crippen LogP contribution in [0.5, 0.6) is 5.75 Å². The maximum Gasteiger partial charge on any atom is 0.305 e. The lowest BCUT2D eigenvalue weighted by molar-refractivity contribution is -0.136.